The summed E-state index contributed by atoms with van der Waals surface area (Å²) in [6.07, 6.45) is 5.03. The second-order valence-corrected chi connectivity index (χ2v) is 7.56. The summed E-state index contributed by atoms with van der Waals surface area (Å²) in [6.45, 7) is 5.20. The SMILES string of the molecule is CCN1CCC[C@@H](n2c(-c3cccc(F)c3)nc3cc(C=CC(=O)NO)ccc32)C1. The van der Waals surface area contributed by atoms with Crippen LogP contribution in [0, 0.1) is 5.82 Å². The van der Waals surface area contributed by atoms with Crippen LogP contribution in [0.5, 0.6) is 0 Å². The summed E-state index contributed by atoms with van der Waals surface area (Å²) in [7, 11) is 0. The van der Waals surface area contributed by atoms with Gasteiger partial charge in [0.2, 0.25) is 0 Å². The number of likely N-dealkylation sites (N-methyl/N-ethyl adjacent to an activating group) is 1. The maximum atomic E-state index is 14.0. The summed E-state index contributed by atoms with van der Waals surface area (Å²) in [6, 6.07) is 12.6. The fourth-order valence-electron chi connectivity index (χ4n) is 4.16. The van der Waals surface area contributed by atoms with E-state index in [2.05, 4.69) is 16.4 Å². The number of aromatic nitrogens is 2. The number of hydroxylamine groups is 1. The number of imidazole rings is 1. The van der Waals surface area contributed by atoms with Crippen molar-refractivity contribution in [1.29, 1.82) is 0 Å². The van der Waals surface area contributed by atoms with Gasteiger partial charge < -0.3 is 9.47 Å². The zero-order valence-electron chi connectivity index (χ0n) is 16.9. The smallest absolute Gasteiger partial charge is 0.267 e. The van der Waals surface area contributed by atoms with Crippen LogP contribution in [-0.2, 0) is 4.79 Å². The molecule has 1 saturated heterocycles. The van der Waals surface area contributed by atoms with Gasteiger partial charge in [-0.1, -0.05) is 25.1 Å². The van der Waals surface area contributed by atoms with Crippen LogP contribution in [0.3, 0.4) is 0 Å². The Morgan fingerprint density at radius 2 is 2.20 bits per heavy atom. The second-order valence-electron chi connectivity index (χ2n) is 7.56. The number of halogens is 1. The molecule has 6 nitrogen and oxygen atoms in total. The summed E-state index contributed by atoms with van der Waals surface area (Å²) in [5.41, 5.74) is 4.89. The number of hydrogen-bond donors (Lipinski definition) is 2. The number of fused-ring (bicyclic) bond motifs is 1. The van der Waals surface area contributed by atoms with E-state index >= 15 is 0 Å². The van der Waals surface area contributed by atoms with E-state index in [0.29, 0.717) is 0 Å². The van der Waals surface area contributed by atoms with Gasteiger partial charge in [-0.15, -0.1) is 0 Å². The van der Waals surface area contributed by atoms with Crippen molar-refractivity contribution in [3.8, 4) is 11.4 Å². The van der Waals surface area contributed by atoms with E-state index in [1.165, 1.54) is 18.2 Å². The molecule has 30 heavy (non-hydrogen) atoms. The first kappa shape index (κ1) is 20.3. The van der Waals surface area contributed by atoms with Gasteiger partial charge in [0.25, 0.3) is 5.91 Å². The Balaban J connectivity index is 1.82. The highest BCUT2D eigenvalue weighted by atomic mass is 19.1. The third kappa shape index (κ3) is 4.13. The third-order valence-electron chi connectivity index (χ3n) is 5.63. The minimum Gasteiger partial charge on any atom is -0.320 e. The maximum Gasteiger partial charge on any atom is 0.267 e. The topological polar surface area (TPSA) is 70.4 Å². The molecule has 1 aliphatic rings. The molecule has 4 rings (SSSR count). The van der Waals surface area contributed by atoms with Crippen LogP contribution in [0.15, 0.2) is 48.5 Å². The first-order valence-corrected chi connectivity index (χ1v) is 10.2. The Bertz CT molecular complexity index is 1090. The molecule has 2 aromatic carbocycles. The molecule has 1 fully saturated rings. The van der Waals surface area contributed by atoms with Gasteiger partial charge in [0, 0.05) is 24.2 Å². The largest absolute Gasteiger partial charge is 0.320 e. The molecule has 7 heteroatoms. The van der Waals surface area contributed by atoms with Crippen molar-refractivity contribution in [2.45, 2.75) is 25.8 Å². The molecule has 156 valence electrons. The van der Waals surface area contributed by atoms with E-state index in [9.17, 15) is 9.18 Å². The lowest BCUT2D eigenvalue weighted by Crippen LogP contribution is -2.36. The molecule has 1 amide bonds. The van der Waals surface area contributed by atoms with Crippen LogP contribution < -0.4 is 5.48 Å². The molecule has 0 spiro atoms. The van der Waals surface area contributed by atoms with Gasteiger partial charge in [0.15, 0.2) is 0 Å². The molecular weight excluding hydrogens is 383 g/mol. The highest BCUT2D eigenvalue weighted by molar-refractivity contribution is 5.92. The minimum atomic E-state index is -0.595. The van der Waals surface area contributed by atoms with E-state index in [1.807, 2.05) is 24.3 Å². The molecule has 0 unspecified atom stereocenters. The fraction of sp³-hybridized carbons (Fsp3) is 0.304. The molecule has 2 heterocycles. The Hall–Kier alpha value is -3.03. The van der Waals surface area contributed by atoms with Crippen LogP contribution in [0.1, 0.15) is 31.4 Å². The van der Waals surface area contributed by atoms with Gasteiger partial charge in [-0.25, -0.2) is 14.9 Å². The zero-order valence-corrected chi connectivity index (χ0v) is 16.9. The number of nitrogens with one attached hydrogen (secondary N) is 1. The van der Waals surface area contributed by atoms with Crippen LogP contribution in [0.2, 0.25) is 0 Å². The minimum absolute atomic E-state index is 0.253. The third-order valence-corrected chi connectivity index (χ3v) is 5.63. The Morgan fingerprint density at radius 1 is 1.33 bits per heavy atom. The first-order valence-electron chi connectivity index (χ1n) is 10.2. The van der Waals surface area contributed by atoms with Gasteiger partial charge in [0.05, 0.1) is 11.0 Å². The molecule has 1 aliphatic heterocycles. The number of amides is 1. The fourth-order valence-corrected chi connectivity index (χ4v) is 4.16. The number of benzene rings is 2. The molecule has 1 atom stereocenters. The Morgan fingerprint density at radius 3 is 2.97 bits per heavy atom. The van der Waals surface area contributed by atoms with Crippen molar-refractivity contribution >= 4 is 23.0 Å². The molecule has 0 saturated carbocycles. The van der Waals surface area contributed by atoms with Gasteiger partial charge in [-0.2, -0.15) is 0 Å². The molecule has 0 aliphatic carbocycles. The van der Waals surface area contributed by atoms with Crippen LogP contribution in [-0.4, -0.2) is 45.2 Å². The zero-order chi connectivity index (χ0) is 21.1. The van der Waals surface area contributed by atoms with Crippen LogP contribution >= 0.6 is 0 Å². The summed E-state index contributed by atoms with van der Waals surface area (Å²) in [4.78, 5) is 18.6. The average Bonchev–Trinajstić information content (AvgIpc) is 3.16. The van der Waals surface area contributed by atoms with Gasteiger partial charge in [-0.3, -0.25) is 10.0 Å². The average molecular weight is 408 g/mol. The van der Waals surface area contributed by atoms with Crippen LogP contribution in [0.25, 0.3) is 28.5 Å². The van der Waals surface area contributed by atoms with Crippen molar-refractivity contribution in [3.63, 3.8) is 0 Å². The Labute approximate surface area is 174 Å². The predicted molar refractivity (Wildman–Crippen MR) is 114 cm³/mol. The van der Waals surface area contributed by atoms with Crippen molar-refractivity contribution < 1.29 is 14.4 Å². The number of likely N-dealkylation sites (tertiary alicyclic amines) is 1. The van der Waals surface area contributed by atoms with Crippen molar-refractivity contribution in [1.82, 2.24) is 19.9 Å². The number of hydrogen-bond acceptors (Lipinski definition) is 4. The number of carbonyl (C=O) groups excluding carboxylic acids is 1. The lowest BCUT2D eigenvalue weighted by Gasteiger charge is -2.33. The Kier molecular flexibility index (Phi) is 5.92. The van der Waals surface area contributed by atoms with E-state index in [-0.39, 0.29) is 11.9 Å². The molecular formula is C23H25FN4O2. The number of nitrogens with zero attached hydrogens (tertiary/aromatic N) is 3. The monoisotopic (exact) mass is 408 g/mol. The normalized spacial score (nSPS) is 17.6. The quantitative estimate of drug-likeness (QED) is 0.380. The molecule has 3 aromatic rings. The van der Waals surface area contributed by atoms with E-state index in [4.69, 9.17) is 10.2 Å². The number of carbonyl (C=O) groups is 1. The van der Waals surface area contributed by atoms with Gasteiger partial charge in [-0.05, 0) is 61.8 Å². The molecule has 2 N–H and O–H groups in total. The molecule has 0 bridgehead atoms. The van der Waals surface area contributed by atoms with E-state index in [1.54, 1.807) is 17.6 Å². The summed E-state index contributed by atoms with van der Waals surface area (Å²) < 4.78 is 16.2. The van der Waals surface area contributed by atoms with Gasteiger partial charge >= 0.3 is 0 Å². The van der Waals surface area contributed by atoms with Crippen molar-refractivity contribution in [3.05, 3.63) is 59.9 Å². The standard InChI is InChI=1S/C23H25FN4O2/c1-2-27-12-4-7-19(15-27)28-21-10-8-16(9-11-22(29)26-30)13-20(21)25-23(28)17-5-3-6-18(24)14-17/h3,5-6,8-11,13-14,19,30H,2,4,7,12,15H2,1H3,(H,26,29)/t19-/m1/s1. The van der Waals surface area contributed by atoms with E-state index < -0.39 is 5.91 Å². The number of rotatable bonds is 5. The van der Waals surface area contributed by atoms with E-state index in [0.717, 1.165) is 60.5 Å². The predicted octanol–water partition coefficient (Wildman–Crippen LogP) is 4.02. The first-order chi connectivity index (χ1) is 14.6. The van der Waals surface area contributed by atoms with Crippen molar-refractivity contribution in [2.75, 3.05) is 19.6 Å². The number of piperidine rings is 1. The highest BCUT2D eigenvalue weighted by Crippen LogP contribution is 2.33. The van der Waals surface area contributed by atoms with Crippen molar-refractivity contribution in [2.24, 2.45) is 0 Å². The molecule has 0 radical (unpaired) electrons. The molecule has 1 aromatic heterocycles. The lowest BCUT2D eigenvalue weighted by atomic mass is 10.0. The lowest BCUT2D eigenvalue weighted by molar-refractivity contribution is -0.124. The maximum absolute atomic E-state index is 14.0. The summed E-state index contributed by atoms with van der Waals surface area (Å²) in [5.74, 6) is -0.131. The second kappa shape index (κ2) is 8.77. The van der Waals surface area contributed by atoms with Crippen LogP contribution in [0.4, 0.5) is 4.39 Å². The van der Waals surface area contributed by atoms with Gasteiger partial charge in [0.1, 0.15) is 11.6 Å². The summed E-state index contributed by atoms with van der Waals surface area (Å²) >= 11 is 0. The highest BCUT2D eigenvalue weighted by Gasteiger charge is 2.25. The summed E-state index contributed by atoms with van der Waals surface area (Å²) in [5, 5.41) is 8.66.